The van der Waals surface area contributed by atoms with E-state index in [-0.39, 0.29) is 24.7 Å². The SMILES string of the molecule is C[C@H](NC(=O)[C@]12CCC(=O)N1c1ccccc1C(=O)N2C)c1ccc(Cl)c(Cl)c1. The molecule has 0 radical (unpaired) electrons. The maximum atomic E-state index is 13.5. The van der Waals surface area contributed by atoms with Crippen molar-refractivity contribution >= 4 is 46.6 Å². The van der Waals surface area contributed by atoms with Gasteiger partial charge in [-0.3, -0.25) is 19.3 Å². The molecular formula is C21H19Cl2N3O3. The van der Waals surface area contributed by atoms with Crippen LogP contribution in [0, 0.1) is 0 Å². The number of nitrogens with one attached hydrogen (secondary N) is 1. The minimum Gasteiger partial charge on any atom is -0.346 e. The number of halogens is 2. The number of hydrogen-bond donors (Lipinski definition) is 1. The Hall–Kier alpha value is -2.57. The molecule has 150 valence electrons. The Bertz CT molecular complexity index is 1040. The molecule has 2 heterocycles. The topological polar surface area (TPSA) is 69.7 Å². The predicted octanol–water partition coefficient (Wildman–Crippen LogP) is 3.78. The van der Waals surface area contributed by atoms with Crippen LogP contribution in [-0.2, 0) is 9.59 Å². The van der Waals surface area contributed by atoms with Crippen LogP contribution in [0.3, 0.4) is 0 Å². The molecule has 4 rings (SSSR count). The number of para-hydroxylation sites is 1. The van der Waals surface area contributed by atoms with Crippen LogP contribution in [0.25, 0.3) is 0 Å². The third-order valence-corrected chi connectivity index (χ3v) is 6.44. The zero-order valence-corrected chi connectivity index (χ0v) is 17.4. The molecule has 2 aliphatic rings. The zero-order valence-electron chi connectivity index (χ0n) is 15.9. The Balaban J connectivity index is 1.72. The van der Waals surface area contributed by atoms with E-state index >= 15 is 0 Å². The van der Waals surface area contributed by atoms with Gasteiger partial charge < -0.3 is 10.2 Å². The van der Waals surface area contributed by atoms with E-state index in [9.17, 15) is 14.4 Å². The molecule has 0 aromatic heterocycles. The maximum absolute atomic E-state index is 13.5. The summed E-state index contributed by atoms with van der Waals surface area (Å²) in [6, 6.07) is 11.6. The Morgan fingerprint density at radius 1 is 1.14 bits per heavy atom. The van der Waals surface area contributed by atoms with Crippen LogP contribution in [-0.4, -0.2) is 35.3 Å². The summed E-state index contributed by atoms with van der Waals surface area (Å²) >= 11 is 12.1. The Morgan fingerprint density at radius 2 is 1.86 bits per heavy atom. The summed E-state index contributed by atoms with van der Waals surface area (Å²) in [6.07, 6.45) is 0.406. The fourth-order valence-corrected chi connectivity index (χ4v) is 4.41. The molecule has 0 unspecified atom stereocenters. The van der Waals surface area contributed by atoms with E-state index in [1.165, 1.54) is 9.80 Å². The van der Waals surface area contributed by atoms with Gasteiger partial charge in [-0.2, -0.15) is 0 Å². The van der Waals surface area contributed by atoms with Crippen molar-refractivity contribution in [3.8, 4) is 0 Å². The smallest absolute Gasteiger partial charge is 0.267 e. The lowest BCUT2D eigenvalue weighted by Gasteiger charge is -2.47. The first-order valence-corrected chi connectivity index (χ1v) is 9.99. The second-order valence-electron chi connectivity index (χ2n) is 7.30. The van der Waals surface area contributed by atoms with Crippen LogP contribution in [0.1, 0.15) is 41.7 Å². The van der Waals surface area contributed by atoms with Gasteiger partial charge in [0.05, 0.1) is 27.3 Å². The molecule has 1 N–H and O–H groups in total. The van der Waals surface area contributed by atoms with Gasteiger partial charge in [0, 0.05) is 19.9 Å². The van der Waals surface area contributed by atoms with Gasteiger partial charge in [0.2, 0.25) is 11.6 Å². The molecular weight excluding hydrogens is 413 g/mol. The summed E-state index contributed by atoms with van der Waals surface area (Å²) in [7, 11) is 1.56. The van der Waals surface area contributed by atoms with E-state index in [4.69, 9.17) is 23.2 Å². The van der Waals surface area contributed by atoms with E-state index in [0.717, 1.165) is 5.56 Å². The fourth-order valence-electron chi connectivity index (χ4n) is 4.11. The Morgan fingerprint density at radius 3 is 2.59 bits per heavy atom. The number of fused-ring (bicyclic) bond motifs is 3. The molecule has 0 bridgehead atoms. The monoisotopic (exact) mass is 431 g/mol. The first-order chi connectivity index (χ1) is 13.8. The summed E-state index contributed by atoms with van der Waals surface area (Å²) in [5, 5.41) is 3.76. The Kier molecular flexibility index (Phi) is 4.79. The van der Waals surface area contributed by atoms with E-state index in [2.05, 4.69) is 5.32 Å². The highest BCUT2D eigenvalue weighted by Gasteiger charge is 2.59. The van der Waals surface area contributed by atoms with Gasteiger partial charge in [0.1, 0.15) is 0 Å². The summed E-state index contributed by atoms with van der Waals surface area (Å²) in [5.41, 5.74) is 0.249. The van der Waals surface area contributed by atoms with Gasteiger partial charge in [0.15, 0.2) is 0 Å². The highest BCUT2D eigenvalue weighted by molar-refractivity contribution is 6.42. The summed E-state index contributed by atoms with van der Waals surface area (Å²) in [6.45, 7) is 1.81. The third-order valence-electron chi connectivity index (χ3n) is 5.70. The molecule has 6 nitrogen and oxygen atoms in total. The Labute approximate surface area is 178 Å². The number of carbonyl (C=O) groups is 3. The molecule has 3 amide bonds. The molecule has 0 spiro atoms. The molecule has 0 aliphatic carbocycles. The molecule has 29 heavy (non-hydrogen) atoms. The largest absolute Gasteiger partial charge is 0.346 e. The molecule has 2 aromatic carbocycles. The first-order valence-electron chi connectivity index (χ1n) is 9.23. The van der Waals surface area contributed by atoms with Gasteiger partial charge in [0.25, 0.3) is 11.8 Å². The van der Waals surface area contributed by atoms with Crippen LogP contribution in [0.2, 0.25) is 10.0 Å². The number of benzene rings is 2. The van der Waals surface area contributed by atoms with Crippen molar-refractivity contribution in [3.63, 3.8) is 0 Å². The van der Waals surface area contributed by atoms with Gasteiger partial charge in [-0.25, -0.2) is 0 Å². The molecule has 0 saturated carbocycles. The molecule has 2 aromatic rings. The lowest BCUT2D eigenvalue weighted by Crippen LogP contribution is -2.69. The molecule has 1 saturated heterocycles. The number of likely N-dealkylation sites (N-methyl/N-ethyl adjacent to an activating group) is 1. The average molecular weight is 432 g/mol. The number of hydrogen-bond acceptors (Lipinski definition) is 3. The van der Waals surface area contributed by atoms with Crippen molar-refractivity contribution in [1.29, 1.82) is 0 Å². The van der Waals surface area contributed by atoms with Gasteiger partial charge >= 0.3 is 0 Å². The lowest BCUT2D eigenvalue weighted by atomic mass is 9.95. The van der Waals surface area contributed by atoms with Gasteiger partial charge in [-0.1, -0.05) is 41.4 Å². The standard InChI is InChI=1S/C21H19Cl2N3O3/c1-12(13-7-8-15(22)16(23)11-13)24-20(29)21-10-9-18(27)26(21)17-6-4-3-5-14(17)19(28)25(21)2/h3-8,11-12H,9-10H2,1-2H3,(H,24,29)/t12-,21-/m0/s1. The maximum Gasteiger partial charge on any atom is 0.267 e. The summed E-state index contributed by atoms with van der Waals surface area (Å²) in [4.78, 5) is 42.1. The van der Waals surface area contributed by atoms with Crippen molar-refractivity contribution in [3.05, 3.63) is 63.6 Å². The molecule has 2 aliphatic heterocycles. The molecule has 8 heteroatoms. The van der Waals surface area contributed by atoms with Crippen molar-refractivity contribution in [2.24, 2.45) is 0 Å². The number of nitrogens with zero attached hydrogens (tertiary/aromatic N) is 2. The van der Waals surface area contributed by atoms with Crippen LogP contribution >= 0.6 is 23.2 Å². The summed E-state index contributed by atoms with van der Waals surface area (Å²) in [5.74, 6) is -0.884. The molecule has 2 atom stereocenters. The average Bonchev–Trinajstić information content (AvgIpc) is 3.06. The lowest BCUT2D eigenvalue weighted by molar-refractivity contribution is -0.133. The fraction of sp³-hybridized carbons (Fsp3) is 0.286. The van der Waals surface area contributed by atoms with Gasteiger partial charge in [-0.05, 0) is 36.8 Å². The van der Waals surface area contributed by atoms with Crippen molar-refractivity contribution in [2.45, 2.75) is 31.5 Å². The minimum absolute atomic E-state index is 0.181. The summed E-state index contributed by atoms with van der Waals surface area (Å²) < 4.78 is 0. The van der Waals surface area contributed by atoms with E-state index in [1.54, 1.807) is 49.5 Å². The minimum atomic E-state index is -1.40. The number of carbonyl (C=O) groups excluding carboxylic acids is 3. The number of anilines is 1. The van der Waals surface area contributed by atoms with Gasteiger partial charge in [-0.15, -0.1) is 0 Å². The second kappa shape index (κ2) is 7.04. The number of rotatable bonds is 3. The van der Waals surface area contributed by atoms with Crippen molar-refractivity contribution in [2.75, 3.05) is 11.9 Å². The highest BCUT2D eigenvalue weighted by atomic mass is 35.5. The number of amides is 3. The third kappa shape index (κ3) is 2.90. The normalized spacial score (nSPS) is 21.7. The highest BCUT2D eigenvalue weighted by Crippen LogP contribution is 2.44. The molecule has 1 fully saturated rings. The predicted molar refractivity (Wildman–Crippen MR) is 111 cm³/mol. The van der Waals surface area contributed by atoms with E-state index < -0.39 is 17.6 Å². The second-order valence-corrected chi connectivity index (χ2v) is 8.11. The van der Waals surface area contributed by atoms with E-state index in [0.29, 0.717) is 21.3 Å². The van der Waals surface area contributed by atoms with Crippen molar-refractivity contribution in [1.82, 2.24) is 10.2 Å². The van der Waals surface area contributed by atoms with Crippen LogP contribution in [0.5, 0.6) is 0 Å². The van der Waals surface area contributed by atoms with Crippen LogP contribution in [0.15, 0.2) is 42.5 Å². The van der Waals surface area contributed by atoms with Crippen LogP contribution < -0.4 is 10.2 Å². The van der Waals surface area contributed by atoms with Crippen molar-refractivity contribution < 1.29 is 14.4 Å². The van der Waals surface area contributed by atoms with E-state index in [1.807, 2.05) is 6.92 Å². The first kappa shape index (κ1) is 19.7. The zero-order chi connectivity index (χ0) is 20.9. The quantitative estimate of drug-likeness (QED) is 0.803. The van der Waals surface area contributed by atoms with Crippen LogP contribution in [0.4, 0.5) is 5.69 Å².